The molecule has 0 bridgehead atoms. The fourth-order valence-corrected chi connectivity index (χ4v) is 1.58. The molecule has 0 spiro atoms. The number of methoxy groups -OCH3 is 1. The molecule has 0 saturated carbocycles. The van der Waals surface area contributed by atoms with Crippen molar-refractivity contribution in [3.63, 3.8) is 0 Å². The third-order valence-corrected chi connectivity index (χ3v) is 2.47. The van der Waals surface area contributed by atoms with Gasteiger partial charge in [0.05, 0.1) is 26.2 Å². The summed E-state index contributed by atoms with van der Waals surface area (Å²) in [6.07, 6.45) is 1.35. The summed E-state index contributed by atoms with van der Waals surface area (Å²) in [7, 11) is 1.63. The molecular weight excluding hydrogens is 196 g/mol. The van der Waals surface area contributed by atoms with Gasteiger partial charge < -0.3 is 20.1 Å². The molecule has 1 heterocycles. The summed E-state index contributed by atoms with van der Waals surface area (Å²) in [6.45, 7) is 3.06. The fraction of sp³-hybridized carbons (Fsp3) is 0.900. The molecule has 0 unspecified atom stereocenters. The lowest BCUT2D eigenvalue weighted by Gasteiger charge is -2.15. The van der Waals surface area contributed by atoms with E-state index in [-0.39, 0.29) is 11.9 Å². The first-order chi connectivity index (χ1) is 7.24. The van der Waals surface area contributed by atoms with Crippen molar-refractivity contribution >= 4 is 5.91 Å². The first-order valence-electron chi connectivity index (χ1n) is 5.34. The minimum atomic E-state index is 0.139. The smallest absolute Gasteiger partial charge is 0.224 e. The summed E-state index contributed by atoms with van der Waals surface area (Å²) < 4.78 is 10.1. The van der Waals surface area contributed by atoms with Crippen LogP contribution in [0.1, 0.15) is 12.8 Å². The predicted octanol–water partition coefficient (Wildman–Crippen LogP) is -0.401. The summed E-state index contributed by atoms with van der Waals surface area (Å²) >= 11 is 0. The molecule has 1 fully saturated rings. The largest absolute Gasteiger partial charge is 0.382 e. The highest BCUT2D eigenvalue weighted by Gasteiger charge is 2.22. The Morgan fingerprint density at radius 3 is 2.87 bits per heavy atom. The van der Waals surface area contributed by atoms with Crippen molar-refractivity contribution in [2.24, 2.45) is 5.73 Å². The van der Waals surface area contributed by atoms with Crippen LogP contribution in [0.25, 0.3) is 0 Å². The number of carbonyl (C=O) groups excluding carboxylic acids is 1. The van der Waals surface area contributed by atoms with Gasteiger partial charge in [-0.15, -0.1) is 0 Å². The Bertz CT molecular complexity index is 199. The number of nitrogens with two attached hydrogens (primary N) is 1. The number of hydrogen-bond acceptors (Lipinski definition) is 4. The van der Waals surface area contributed by atoms with Gasteiger partial charge in [0, 0.05) is 26.2 Å². The van der Waals surface area contributed by atoms with Crippen LogP contribution in [0, 0.1) is 0 Å². The van der Waals surface area contributed by atoms with Crippen molar-refractivity contribution in [1.82, 2.24) is 4.90 Å². The zero-order valence-corrected chi connectivity index (χ0v) is 9.28. The highest BCUT2D eigenvalue weighted by Crippen LogP contribution is 2.08. The molecule has 1 aliphatic heterocycles. The Balaban J connectivity index is 2.03. The molecular formula is C10H20N2O3. The van der Waals surface area contributed by atoms with Crippen molar-refractivity contribution < 1.29 is 14.3 Å². The van der Waals surface area contributed by atoms with Crippen LogP contribution in [0.2, 0.25) is 0 Å². The molecule has 0 aliphatic carbocycles. The standard InChI is InChI=1S/C10H20N2O3/c1-14-6-7-15-5-3-10(13)12-4-2-9(11)8-12/h9H,2-8,11H2,1H3/t9-/m1/s1. The van der Waals surface area contributed by atoms with Gasteiger partial charge in [0.1, 0.15) is 0 Å². The highest BCUT2D eigenvalue weighted by atomic mass is 16.5. The van der Waals surface area contributed by atoms with E-state index in [1.54, 1.807) is 7.11 Å². The van der Waals surface area contributed by atoms with Gasteiger partial charge in [-0.3, -0.25) is 4.79 Å². The van der Waals surface area contributed by atoms with Crippen molar-refractivity contribution in [2.45, 2.75) is 18.9 Å². The van der Waals surface area contributed by atoms with Crippen molar-refractivity contribution in [3.05, 3.63) is 0 Å². The van der Waals surface area contributed by atoms with Crippen molar-refractivity contribution in [3.8, 4) is 0 Å². The van der Waals surface area contributed by atoms with E-state index in [2.05, 4.69) is 0 Å². The number of rotatable bonds is 6. The summed E-state index contributed by atoms with van der Waals surface area (Å²) in [5.41, 5.74) is 5.72. The van der Waals surface area contributed by atoms with E-state index in [0.29, 0.717) is 32.8 Å². The SMILES string of the molecule is COCCOCCC(=O)N1CC[C@@H](N)C1. The molecule has 5 heteroatoms. The first kappa shape index (κ1) is 12.4. The second-order valence-corrected chi connectivity index (χ2v) is 3.74. The van der Waals surface area contributed by atoms with Crippen molar-refractivity contribution in [1.29, 1.82) is 0 Å². The van der Waals surface area contributed by atoms with Gasteiger partial charge in [0.15, 0.2) is 0 Å². The van der Waals surface area contributed by atoms with E-state index in [1.165, 1.54) is 0 Å². The predicted molar refractivity (Wildman–Crippen MR) is 56.5 cm³/mol. The Morgan fingerprint density at radius 1 is 1.47 bits per heavy atom. The number of carbonyl (C=O) groups is 1. The molecule has 0 radical (unpaired) electrons. The maximum Gasteiger partial charge on any atom is 0.224 e. The summed E-state index contributed by atoms with van der Waals surface area (Å²) in [5.74, 6) is 0.139. The molecule has 5 nitrogen and oxygen atoms in total. The van der Waals surface area contributed by atoms with E-state index in [4.69, 9.17) is 15.2 Å². The number of hydrogen-bond donors (Lipinski definition) is 1. The minimum absolute atomic E-state index is 0.139. The first-order valence-corrected chi connectivity index (χ1v) is 5.34. The zero-order valence-electron chi connectivity index (χ0n) is 9.28. The fourth-order valence-electron chi connectivity index (χ4n) is 1.58. The molecule has 0 aromatic carbocycles. The molecule has 1 saturated heterocycles. The van der Waals surface area contributed by atoms with E-state index in [9.17, 15) is 4.79 Å². The van der Waals surface area contributed by atoms with Gasteiger partial charge >= 0.3 is 0 Å². The molecule has 0 aromatic heterocycles. The number of nitrogens with zero attached hydrogens (tertiary/aromatic N) is 1. The van der Waals surface area contributed by atoms with Gasteiger partial charge in [-0.1, -0.05) is 0 Å². The molecule has 15 heavy (non-hydrogen) atoms. The molecule has 1 aliphatic rings. The third kappa shape index (κ3) is 4.59. The maximum atomic E-state index is 11.6. The highest BCUT2D eigenvalue weighted by molar-refractivity contribution is 5.76. The molecule has 0 aromatic rings. The maximum absolute atomic E-state index is 11.6. The number of amides is 1. The van der Waals surface area contributed by atoms with Crippen LogP contribution in [0.15, 0.2) is 0 Å². The summed E-state index contributed by atoms with van der Waals surface area (Å²) in [6, 6.07) is 0.156. The minimum Gasteiger partial charge on any atom is -0.382 e. The topological polar surface area (TPSA) is 64.8 Å². The lowest BCUT2D eigenvalue weighted by Crippen LogP contribution is -2.32. The van der Waals surface area contributed by atoms with Crippen molar-refractivity contribution in [2.75, 3.05) is 40.0 Å². The van der Waals surface area contributed by atoms with E-state index in [1.807, 2.05) is 4.90 Å². The lowest BCUT2D eigenvalue weighted by molar-refractivity contribution is -0.131. The Morgan fingerprint density at radius 2 is 2.27 bits per heavy atom. The van der Waals surface area contributed by atoms with E-state index < -0.39 is 0 Å². The van der Waals surface area contributed by atoms with Crippen LogP contribution in [0.5, 0.6) is 0 Å². The van der Waals surface area contributed by atoms with Gasteiger partial charge in [0.2, 0.25) is 5.91 Å². The lowest BCUT2D eigenvalue weighted by atomic mass is 10.3. The van der Waals surface area contributed by atoms with Crippen LogP contribution in [0.4, 0.5) is 0 Å². The summed E-state index contributed by atoms with van der Waals surface area (Å²) in [5, 5.41) is 0. The van der Waals surface area contributed by atoms with Crippen LogP contribution < -0.4 is 5.73 Å². The summed E-state index contributed by atoms with van der Waals surface area (Å²) in [4.78, 5) is 13.4. The van der Waals surface area contributed by atoms with E-state index >= 15 is 0 Å². The van der Waals surface area contributed by atoms with Gasteiger partial charge in [-0.05, 0) is 6.42 Å². The van der Waals surface area contributed by atoms with Crippen LogP contribution in [-0.2, 0) is 14.3 Å². The van der Waals surface area contributed by atoms with Gasteiger partial charge in [-0.2, -0.15) is 0 Å². The van der Waals surface area contributed by atoms with E-state index in [0.717, 1.165) is 13.0 Å². The Kier molecular flexibility index (Phi) is 5.60. The number of ether oxygens (including phenoxy) is 2. The third-order valence-electron chi connectivity index (χ3n) is 2.47. The monoisotopic (exact) mass is 216 g/mol. The van der Waals surface area contributed by atoms with Crippen LogP contribution in [0.3, 0.4) is 0 Å². The molecule has 1 amide bonds. The number of likely N-dealkylation sites (tertiary alicyclic amines) is 1. The Hall–Kier alpha value is -0.650. The zero-order chi connectivity index (χ0) is 11.1. The second kappa shape index (κ2) is 6.76. The molecule has 1 atom stereocenters. The van der Waals surface area contributed by atoms with Crippen LogP contribution in [-0.4, -0.2) is 56.9 Å². The van der Waals surface area contributed by atoms with Gasteiger partial charge in [-0.25, -0.2) is 0 Å². The molecule has 1 rings (SSSR count). The Labute approximate surface area is 90.5 Å². The molecule has 88 valence electrons. The molecule has 2 N–H and O–H groups in total. The second-order valence-electron chi connectivity index (χ2n) is 3.74. The van der Waals surface area contributed by atoms with Crippen LogP contribution >= 0.6 is 0 Å². The average molecular weight is 216 g/mol. The average Bonchev–Trinajstić information content (AvgIpc) is 2.64. The van der Waals surface area contributed by atoms with Gasteiger partial charge in [0.25, 0.3) is 0 Å². The quantitative estimate of drug-likeness (QED) is 0.614. The normalized spacial score (nSPS) is 20.9.